The molecule has 0 fully saturated rings. The molecule has 0 amide bonds. The second kappa shape index (κ2) is 7.51. The second-order valence-corrected chi connectivity index (χ2v) is 7.92. The number of fused-ring (bicyclic) bond motifs is 1. The van der Waals surface area contributed by atoms with Gasteiger partial charge in [-0.25, -0.2) is 13.2 Å². The highest BCUT2D eigenvalue weighted by molar-refractivity contribution is 7.92. The number of hydrogen-bond donors (Lipinski definition) is 1. The van der Waals surface area contributed by atoms with Crippen LogP contribution in [0.3, 0.4) is 0 Å². The van der Waals surface area contributed by atoms with Crippen LogP contribution in [0.5, 0.6) is 0 Å². The Kier molecular flexibility index (Phi) is 5.28. The van der Waals surface area contributed by atoms with Gasteiger partial charge in [-0.05, 0) is 50.1 Å². The number of nitrogens with zero attached hydrogens (tertiary/aromatic N) is 1. The minimum absolute atomic E-state index is 0.0575. The predicted octanol–water partition coefficient (Wildman–Crippen LogP) is 2.58. The number of rotatable bonds is 6. The molecule has 0 aliphatic carbocycles. The molecule has 0 bridgehead atoms. The van der Waals surface area contributed by atoms with Crippen LogP contribution in [0.4, 0.5) is 5.69 Å². The van der Waals surface area contributed by atoms with Gasteiger partial charge in [0, 0.05) is 6.07 Å². The quantitative estimate of drug-likeness (QED) is 0.633. The van der Waals surface area contributed by atoms with Crippen molar-refractivity contribution in [2.75, 3.05) is 11.3 Å². The van der Waals surface area contributed by atoms with Crippen molar-refractivity contribution in [3.63, 3.8) is 0 Å². The van der Waals surface area contributed by atoms with Crippen molar-refractivity contribution in [3.8, 4) is 0 Å². The van der Waals surface area contributed by atoms with Crippen molar-refractivity contribution < 1.29 is 22.4 Å². The number of hydrogen-bond acceptors (Lipinski definition) is 6. The van der Waals surface area contributed by atoms with Crippen molar-refractivity contribution in [2.24, 2.45) is 0 Å². The third-order valence-electron chi connectivity index (χ3n) is 4.39. The maximum absolute atomic E-state index is 12.8. The van der Waals surface area contributed by atoms with E-state index in [0.29, 0.717) is 11.2 Å². The third kappa shape index (κ3) is 3.79. The van der Waals surface area contributed by atoms with Crippen LogP contribution in [-0.4, -0.2) is 25.6 Å². The fourth-order valence-electron chi connectivity index (χ4n) is 2.76. The van der Waals surface area contributed by atoms with E-state index in [1.807, 2.05) is 19.9 Å². The molecule has 0 atom stereocenters. The summed E-state index contributed by atoms with van der Waals surface area (Å²) in [7, 11) is -3.89. The number of esters is 1. The predicted molar refractivity (Wildman–Crippen MR) is 104 cm³/mol. The number of oxazole rings is 1. The number of aromatic nitrogens is 1. The molecule has 9 heteroatoms. The van der Waals surface area contributed by atoms with Crippen LogP contribution < -0.4 is 10.5 Å². The largest absolute Gasteiger partial charge is 0.465 e. The Labute approximate surface area is 161 Å². The highest BCUT2D eigenvalue weighted by Gasteiger charge is 2.20. The Hall–Kier alpha value is -3.07. The number of nitrogens with one attached hydrogen (secondary N) is 1. The molecule has 3 aromatic rings. The fraction of sp³-hybridized carbons (Fsp3) is 0.263. The summed E-state index contributed by atoms with van der Waals surface area (Å²) >= 11 is 0. The Bertz CT molecular complexity index is 1210. The Morgan fingerprint density at radius 3 is 2.68 bits per heavy atom. The van der Waals surface area contributed by atoms with Crippen molar-refractivity contribution in [3.05, 3.63) is 58.1 Å². The molecular formula is C19H20N2O6S. The van der Waals surface area contributed by atoms with E-state index in [9.17, 15) is 18.0 Å². The summed E-state index contributed by atoms with van der Waals surface area (Å²) < 4.78 is 39.1. The van der Waals surface area contributed by atoms with Gasteiger partial charge in [-0.2, -0.15) is 0 Å². The van der Waals surface area contributed by atoms with Crippen LogP contribution in [0.2, 0.25) is 0 Å². The lowest BCUT2D eigenvalue weighted by Gasteiger charge is -2.12. The summed E-state index contributed by atoms with van der Waals surface area (Å²) in [6.45, 7) is 5.25. The van der Waals surface area contributed by atoms with Gasteiger partial charge in [0.25, 0.3) is 10.0 Å². The molecule has 0 saturated carbocycles. The number of anilines is 1. The summed E-state index contributed by atoms with van der Waals surface area (Å²) in [4.78, 5) is 23.6. The molecule has 0 spiro atoms. The van der Waals surface area contributed by atoms with Crippen LogP contribution in [0.1, 0.15) is 18.1 Å². The van der Waals surface area contributed by atoms with Gasteiger partial charge in [0.05, 0.1) is 22.7 Å². The molecule has 0 saturated heterocycles. The fourth-order valence-corrected chi connectivity index (χ4v) is 3.90. The van der Waals surface area contributed by atoms with Crippen molar-refractivity contribution in [1.29, 1.82) is 0 Å². The van der Waals surface area contributed by atoms with Crippen LogP contribution in [-0.2, 0) is 26.1 Å². The topological polar surface area (TPSA) is 108 Å². The van der Waals surface area contributed by atoms with E-state index in [1.54, 1.807) is 19.1 Å². The first-order chi connectivity index (χ1) is 13.2. The first-order valence-electron chi connectivity index (χ1n) is 8.61. The molecule has 2 aromatic carbocycles. The average Bonchev–Trinajstić information content (AvgIpc) is 2.94. The van der Waals surface area contributed by atoms with E-state index in [1.165, 1.54) is 18.2 Å². The van der Waals surface area contributed by atoms with Crippen LogP contribution in [0, 0.1) is 13.8 Å². The van der Waals surface area contributed by atoms with Crippen LogP contribution in [0.15, 0.2) is 50.5 Å². The van der Waals surface area contributed by atoms with Crippen LogP contribution >= 0.6 is 0 Å². The van der Waals surface area contributed by atoms with E-state index in [2.05, 4.69) is 4.72 Å². The van der Waals surface area contributed by atoms with E-state index < -0.39 is 21.7 Å². The van der Waals surface area contributed by atoms with Gasteiger partial charge in [0.15, 0.2) is 5.58 Å². The molecule has 1 N–H and O–H groups in total. The summed E-state index contributed by atoms with van der Waals surface area (Å²) in [6, 6.07) is 9.36. The highest BCUT2D eigenvalue weighted by atomic mass is 32.2. The molecule has 28 heavy (non-hydrogen) atoms. The molecule has 1 heterocycles. The number of carbonyl (C=O) groups is 1. The lowest BCUT2D eigenvalue weighted by Crippen LogP contribution is -2.21. The van der Waals surface area contributed by atoms with Crippen molar-refractivity contribution in [2.45, 2.75) is 32.2 Å². The first-order valence-corrected chi connectivity index (χ1v) is 10.1. The SMILES string of the molecule is CCOC(=O)Cn1c(=O)oc2cc(S(=O)(=O)Nc3cccc(C)c3C)ccc21. The number of aryl methyl sites for hydroxylation is 1. The Balaban J connectivity index is 1.97. The van der Waals surface area contributed by atoms with Gasteiger partial charge in [-0.3, -0.25) is 14.1 Å². The average molecular weight is 404 g/mol. The Morgan fingerprint density at radius 2 is 1.96 bits per heavy atom. The Morgan fingerprint density at radius 1 is 1.21 bits per heavy atom. The van der Waals surface area contributed by atoms with Gasteiger partial charge in [0.2, 0.25) is 0 Å². The first kappa shape index (κ1) is 19.7. The zero-order valence-electron chi connectivity index (χ0n) is 15.7. The third-order valence-corrected chi connectivity index (χ3v) is 5.75. The summed E-state index contributed by atoms with van der Waals surface area (Å²) in [5.41, 5.74) is 2.63. The van der Waals surface area contributed by atoms with Gasteiger partial charge < -0.3 is 9.15 Å². The molecule has 0 aliphatic rings. The smallest absolute Gasteiger partial charge is 0.420 e. The normalized spacial score (nSPS) is 11.5. The van der Waals surface area contributed by atoms with Gasteiger partial charge in [-0.1, -0.05) is 12.1 Å². The molecule has 0 unspecified atom stereocenters. The molecular weight excluding hydrogens is 384 g/mol. The molecule has 0 aliphatic heterocycles. The number of carbonyl (C=O) groups excluding carboxylic acids is 1. The van der Waals surface area contributed by atoms with E-state index >= 15 is 0 Å². The molecule has 8 nitrogen and oxygen atoms in total. The maximum Gasteiger partial charge on any atom is 0.420 e. The highest BCUT2D eigenvalue weighted by Crippen LogP contribution is 2.24. The monoisotopic (exact) mass is 404 g/mol. The van der Waals surface area contributed by atoms with E-state index in [0.717, 1.165) is 15.7 Å². The van der Waals surface area contributed by atoms with E-state index in [-0.39, 0.29) is 23.6 Å². The maximum atomic E-state index is 12.8. The van der Waals surface area contributed by atoms with Gasteiger partial charge in [0.1, 0.15) is 6.54 Å². The van der Waals surface area contributed by atoms with E-state index in [4.69, 9.17) is 9.15 Å². The number of ether oxygens (including phenoxy) is 1. The summed E-state index contributed by atoms with van der Waals surface area (Å²) in [6.07, 6.45) is 0. The lowest BCUT2D eigenvalue weighted by atomic mass is 10.1. The minimum atomic E-state index is -3.89. The van der Waals surface area contributed by atoms with Gasteiger partial charge in [-0.15, -0.1) is 0 Å². The van der Waals surface area contributed by atoms with Crippen molar-refractivity contribution >= 4 is 32.8 Å². The summed E-state index contributed by atoms with van der Waals surface area (Å²) in [5.74, 6) is -1.35. The molecule has 1 aromatic heterocycles. The lowest BCUT2D eigenvalue weighted by molar-refractivity contribution is -0.143. The standard InChI is InChI=1S/C19H20N2O6S/c1-4-26-18(22)11-21-16-9-8-14(10-17(16)27-19(21)23)28(24,25)20-15-7-5-6-12(2)13(15)3/h5-10,20H,4,11H2,1-3H3. The number of benzene rings is 2. The summed E-state index contributed by atoms with van der Waals surface area (Å²) in [5, 5.41) is 0. The minimum Gasteiger partial charge on any atom is -0.465 e. The van der Waals surface area contributed by atoms with Crippen molar-refractivity contribution in [1.82, 2.24) is 4.57 Å². The molecule has 148 valence electrons. The zero-order valence-corrected chi connectivity index (χ0v) is 16.5. The molecule has 0 radical (unpaired) electrons. The van der Waals surface area contributed by atoms with Crippen LogP contribution in [0.25, 0.3) is 11.1 Å². The number of sulfonamides is 1. The second-order valence-electron chi connectivity index (χ2n) is 6.24. The molecule has 3 rings (SSSR count). The zero-order chi connectivity index (χ0) is 20.5. The van der Waals surface area contributed by atoms with Gasteiger partial charge >= 0.3 is 11.7 Å².